The first-order valence-corrected chi connectivity index (χ1v) is 13.4. The van der Waals surface area contributed by atoms with E-state index in [1.807, 2.05) is 31.2 Å². The predicted octanol–water partition coefficient (Wildman–Crippen LogP) is 3.46. The molecule has 1 saturated heterocycles. The molecule has 0 aromatic heterocycles. The number of carbonyl (C=O) groups is 1. The maximum absolute atomic E-state index is 13.0. The van der Waals surface area contributed by atoms with Crippen LogP contribution in [-0.2, 0) is 14.6 Å². The number of halogens is 1. The largest absolute Gasteiger partial charge is 0.495 e. The molecule has 0 aliphatic carbocycles. The van der Waals surface area contributed by atoms with Crippen molar-refractivity contribution >= 4 is 55.6 Å². The second kappa shape index (κ2) is 9.82. The van der Waals surface area contributed by atoms with Crippen molar-refractivity contribution in [3.63, 3.8) is 0 Å². The highest BCUT2D eigenvalue weighted by Gasteiger charge is 2.44. The summed E-state index contributed by atoms with van der Waals surface area (Å²) in [5, 5.41) is 3.81. The molecule has 2 heterocycles. The third-order valence-electron chi connectivity index (χ3n) is 5.23. The van der Waals surface area contributed by atoms with E-state index in [1.54, 1.807) is 23.1 Å². The van der Waals surface area contributed by atoms with E-state index < -0.39 is 9.84 Å². The monoisotopic (exact) mass is 509 g/mol. The van der Waals surface area contributed by atoms with Gasteiger partial charge in [-0.15, -0.1) is 0 Å². The number of hydrogen-bond acceptors (Lipinski definition) is 8. The number of carbonyl (C=O) groups excluding carboxylic acids is 1. The molecule has 0 unspecified atom stereocenters. The number of hydrogen-bond donors (Lipinski definition) is 1. The van der Waals surface area contributed by atoms with Crippen LogP contribution in [0.15, 0.2) is 47.5 Å². The Labute approximate surface area is 202 Å². The number of thioether (sulfide) groups is 1. The summed E-state index contributed by atoms with van der Waals surface area (Å²) in [6, 6.07) is 12.1. The van der Waals surface area contributed by atoms with Crippen molar-refractivity contribution in [2.45, 2.75) is 18.2 Å². The number of sulfone groups is 1. The minimum absolute atomic E-state index is 0.0261. The summed E-state index contributed by atoms with van der Waals surface area (Å²) in [7, 11) is -1.56. The highest BCUT2D eigenvalue weighted by molar-refractivity contribution is 8.15. The van der Waals surface area contributed by atoms with E-state index in [2.05, 4.69) is 10.3 Å². The van der Waals surface area contributed by atoms with Crippen molar-refractivity contribution in [3.05, 3.63) is 47.5 Å². The van der Waals surface area contributed by atoms with Crippen LogP contribution in [0.4, 0.5) is 11.4 Å². The molecule has 4 rings (SSSR count). The SMILES string of the molecule is CCOc1ccc(N(CC(=O)Nc2cc(Cl)ccc2OC)C2=N[C@H]3CS(=O)(=O)C[C@@H]3S2)cc1. The van der Waals surface area contributed by atoms with E-state index in [9.17, 15) is 13.2 Å². The van der Waals surface area contributed by atoms with Gasteiger partial charge in [-0.1, -0.05) is 23.4 Å². The van der Waals surface area contributed by atoms with Gasteiger partial charge in [0, 0.05) is 16.0 Å². The third kappa shape index (κ3) is 5.56. The molecule has 1 N–H and O–H groups in total. The van der Waals surface area contributed by atoms with Crippen LogP contribution in [0.25, 0.3) is 0 Å². The van der Waals surface area contributed by atoms with Crippen LogP contribution in [0.3, 0.4) is 0 Å². The molecule has 0 saturated carbocycles. The maximum Gasteiger partial charge on any atom is 0.244 e. The first-order valence-electron chi connectivity index (χ1n) is 10.4. The van der Waals surface area contributed by atoms with Crippen molar-refractivity contribution in [2.75, 3.05) is 42.0 Å². The van der Waals surface area contributed by atoms with Crippen molar-refractivity contribution in [1.82, 2.24) is 0 Å². The Kier molecular flexibility index (Phi) is 7.06. The van der Waals surface area contributed by atoms with Crippen LogP contribution in [0.1, 0.15) is 6.92 Å². The number of rotatable bonds is 7. The number of ether oxygens (including phenoxy) is 2. The van der Waals surface area contributed by atoms with Crippen molar-refractivity contribution < 1.29 is 22.7 Å². The van der Waals surface area contributed by atoms with Crippen LogP contribution in [0, 0.1) is 0 Å². The molecule has 0 bridgehead atoms. The zero-order valence-electron chi connectivity index (χ0n) is 18.2. The van der Waals surface area contributed by atoms with Crippen LogP contribution in [0.5, 0.6) is 11.5 Å². The fraction of sp³-hybridized carbons (Fsp3) is 0.364. The Morgan fingerprint density at radius 3 is 2.67 bits per heavy atom. The summed E-state index contributed by atoms with van der Waals surface area (Å²) < 4.78 is 34.8. The number of methoxy groups -OCH3 is 1. The lowest BCUT2D eigenvalue weighted by molar-refractivity contribution is -0.114. The smallest absolute Gasteiger partial charge is 0.244 e. The number of amidine groups is 1. The van der Waals surface area contributed by atoms with Gasteiger partial charge in [0.15, 0.2) is 15.0 Å². The zero-order valence-corrected chi connectivity index (χ0v) is 20.5. The number of nitrogens with one attached hydrogen (secondary N) is 1. The molecular weight excluding hydrogens is 486 g/mol. The first-order chi connectivity index (χ1) is 15.8. The summed E-state index contributed by atoms with van der Waals surface area (Å²) in [5.74, 6) is 1.05. The van der Waals surface area contributed by atoms with E-state index in [0.717, 1.165) is 11.4 Å². The molecular formula is C22H24ClN3O5S2. The minimum atomic E-state index is -3.08. The molecule has 2 aliphatic rings. The summed E-state index contributed by atoms with van der Waals surface area (Å²) in [4.78, 5) is 19.5. The highest BCUT2D eigenvalue weighted by Crippen LogP contribution is 2.37. The van der Waals surface area contributed by atoms with Gasteiger partial charge in [0.2, 0.25) is 5.91 Å². The molecule has 2 aromatic rings. The van der Waals surface area contributed by atoms with E-state index in [4.69, 9.17) is 21.1 Å². The van der Waals surface area contributed by atoms with Gasteiger partial charge in [0.1, 0.15) is 18.0 Å². The second-order valence-electron chi connectivity index (χ2n) is 7.62. The van der Waals surface area contributed by atoms with Gasteiger partial charge >= 0.3 is 0 Å². The van der Waals surface area contributed by atoms with Gasteiger partial charge in [-0.2, -0.15) is 0 Å². The lowest BCUT2D eigenvalue weighted by atomic mass is 10.2. The third-order valence-corrected chi connectivity index (χ3v) is 8.72. The fourth-order valence-corrected chi connectivity index (χ4v) is 7.69. The summed E-state index contributed by atoms with van der Waals surface area (Å²) >= 11 is 7.48. The molecule has 1 fully saturated rings. The summed E-state index contributed by atoms with van der Waals surface area (Å²) in [6.07, 6.45) is 0. The van der Waals surface area contributed by atoms with Gasteiger partial charge in [-0.3, -0.25) is 9.79 Å². The number of fused-ring (bicyclic) bond motifs is 1. The molecule has 2 aliphatic heterocycles. The van der Waals surface area contributed by atoms with Gasteiger partial charge in [0.25, 0.3) is 0 Å². The van der Waals surface area contributed by atoms with Crippen LogP contribution in [0.2, 0.25) is 5.02 Å². The van der Waals surface area contributed by atoms with Crippen LogP contribution < -0.4 is 19.7 Å². The Bertz CT molecular complexity index is 1170. The Hall–Kier alpha value is -2.43. The van der Waals surface area contributed by atoms with Crippen molar-refractivity contribution in [3.8, 4) is 11.5 Å². The molecule has 33 heavy (non-hydrogen) atoms. The molecule has 176 valence electrons. The average molecular weight is 510 g/mol. The number of nitrogens with zero attached hydrogens (tertiary/aromatic N) is 2. The lowest BCUT2D eigenvalue weighted by Crippen LogP contribution is -2.36. The van der Waals surface area contributed by atoms with Crippen molar-refractivity contribution in [2.24, 2.45) is 4.99 Å². The average Bonchev–Trinajstić information content (AvgIpc) is 3.26. The lowest BCUT2D eigenvalue weighted by Gasteiger charge is -2.24. The molecule has 2 atom stereocenters. The standard InChI is InChI=1S/C22H24ClN3O5S2/c1-3-31-16-7-5-15(6-8-16)26(22-25-18-12-33(28,29)13-20(18)32-22)11-21(27)24-17-10-14(23)4-9-19(17)30-2/h4-10,18,20H,3,11-13H2,1-2H3,(H,24,27)/t18-,20-/m0/s1. The fourth-order valence-electron chi connectivity index (χ4n) is 3.74. The number of amides is 1. The summed E-state index contributed by atoms with van der Waals surface area (Å²) in [5.41, 5.74) is 1.21. The number of aliphatic imine (C=N–C) groups is 1. The van der Waals surface area contributed by atoms with E-state index >= 15 is 0 Å². The van der Waals surface area contributed by atoms with Gasteiger partial charge < -0.3 is 19.7 Å². The normalized spacial score (nSPS) is 20.6. The van der Waals surface area contributed by atoms with Crippen LogP contribution in [-0.4, -0.2) is 62.6 Å². The minimum Gasteiger partial charge on any atom is -0.495 e. The van der Waals surface area contributed by atoms with E-state index in [1.165, 1.54) is 18.9 Å². The molecule has 1 amide bonds. The highest BCUT2D eigenvalue weighted by atomic mass is 35.5. The zero-order chi connectivity index (χ0) is 23.6. The predicted molar refractivity (Wildman–Crippen MR) is 133 cm³/mol. The molecule has 0 radical (unpaired) electrons. The van der Waals surface area contributed by atoms with Gasteiger partial charge in [-0.05, 0) is 49.4 Å². The maximum atomic E-state index is 13.0. The number of anilines is 2. The van der Waals surface area contributed by atoms with E-state index in [0.29, 0.717) is 28.2 Å². The van der Waals surface area contributed by atoms with E-state index in [-0.39, 0.29) is 35.2 Å². The molecule has 2 aromatic carbocycles. The Morgan fingerprint density at radius 2 is 2.00 bits per heavy atom. The Balaban J connectivity index is 1.58. The molecule has 11 heteroatoms. The van der Waals surface area contributed by atoms with Gasteiger partial charge in [0.05, 0.1) is 37.0 Å². The first kappa shape index (κ1) is 23.7. The molecule has 8 nitrogen and oxygen atoms in total. The van der Waals surface area contributed by atoms with Crippen LogP contribution >= 0.6 is 23.4 Å². The van der Waals surface area contributed by atoms with Crippen molar-refractivity contribution in [1.29, 1.82) is 0 Å². The summed E-state index contributed by atoms with van der Waals surface area (Å²) in [6.45, 7) is 2.43. The molecule has 0 spiro atoms. The van der Waals surface area contributed by atoms with Gasteiger partial charge in [-0.25, -0.2) is 8.42 Å². The topological polar surface area (TPSA) is 97.3 Å². The Morgan fingerprint density at radius 1 is 1.24 bits per heavy atom. The quantitative estimate of drug-likeness (QED) is 0.610. The second-order valence-corrected chi connectivity index (χ2v) is 11.4. The number of benzene rings is 2.